The van der Waals surface area contributed by atoms with Crippen LogP contribution in [0.25, 0.3) is 6.08 Å². The van der Waals surface area contributed by atoms with Crippen molar-refractivity contribution in [2.75, 3.05) is 27.9 Å². The summed E-state index contributed by atoms with van der Waals surface area (Å²) in [4.78, 5) is 11.9. The van der Waals surface area contributed by atoms with E-state index in [-0.39, 0.29) is 5.97 Å². The number of methoxy groups -OCH3 is 3. The average molecular weight is 308 g/mol. The van der Waals surface area contributed by atoms with E-state index in [1.807, 2.05) is 13.0 Å². The normalized spacial score (nSPS) is 11.0. The number of benzene rings is 1. The minimum atomic E-state index is -0.328. The third kappa shape index (κ3) is 4.41. The predicted molar refractivity (Wildman–Crippen MR) is 85.6 cm³/mol. The van der Waals surface area contributed by atoms with Crippen molar-refractivity contribution in [3.63, 3.8) is 0 Å². The van der Waals surface area contributed by atoms with Crippen molar-refractivity contribution >= 4 is 12.0 Å². The molecule has 1 aromatic carbocycles. The number of unbranched alkanes of at least 4 members (excludes halogenated alkanes) is 1. The fourth-order valence-electron chi connectivity index (χ4n) is 1.95. The maximum atomic E-state index is 11.9. The summed E-state index contributed by atoms with van der Waals surface area (Å²) < 4.78 is 21.1. The van der Waals surface area contributed by atoms with E-state index in [0.717, 1.165) is 18.4 Å². The second-order valence-corrected chi connectivity index (χ2v) is 4.74. The molecule has 0 fully saturated rings. The lowest BCUT2D eigenvalue weighted by Gasteiger charge is -2.14. The van der Waals surface area contributed by atoms with Crippen LogP contribution in [0.3, 0.4) is 0 Å². The summed E-state index contributed by atoms with van der Waals surface area (Å²) in [6.45, 7) is 4.19. The second-order valence-electron chi connectivity index (χ2n) is 4.74. The van der Waals surface area contributed by atoms with E-state index in [9.17, 15) is 4.79 Å². The van der Waals surface area contributed by atoms with E-state index in [4.69, 9.17) is 18.9 Å². The van der Waals surface area contributed by atoms with Gasteiger partial charge in [0.2, 0.25) is 5.75 Å². The fourth-order valence-corrected chi connectivity index (χ4v) is 1.95. The number of carbonyl (C=O) groups is 1. The number of esters is 1. The van der Waals surface area contributed by atoms with Gasteiger partial charge in [0.05, 0.1) is 27.9 Å². The molecule has 0 aliphatic carbocycles. The topological polar surface area (TPSA) is 54.0 Å². The lowest BCUT2D eigenvalue weighted by molar-refractivity contribution is -0.138. The van der Waals surface area contributed by atoms with Gasteiger partial charge in [-0.05, 0) is 31.6 Å². The van der Waals surface area contributed by atoms with E-state index in [0.29, 0.717) is 29.4 Å². The zero-order valence-electron chi connectivity index (χ0n) is 13.9. The summed E-state index contributed by atoms with van der Waals surface area (Å²) in [7, 11) is 4.65. The highest BCUT2D eigenvalue weighted by molar-refractivity contribution is 5.93. The number of carbonyl (C=O) groups excluding carboxylic acids is 1. The first kappa shape index (κ1) is 17.9. The van der Waals surface area contributed by atoms with E-state index >= 15 is 0 Å². The molecule has 0 N–H and O–H groups in total. The molecule has 0 aliphatic rings. The van der Waals surface area contributed by atoms with E-state index in [1.54, 1.807) is 40.4 Å². The molecule has 5 heteroatoms. The third-order valence-corrected chi connectivity index (χ3v) is 3.16. The van der Waals surface area contributed by atoms with Gasteiger partial charge in [0, 0.05) is 11.1 Å². The summed E-state index contributed by atoms with van der Waals surface area (Å²) in [5, 5.41) is 0. The van der Waals surface area contributed by atoms with Crippen LogP contribution in [0.4, 0.5) is 0 Å². The Hall–Kier alpha value is -2.17. The van der Waals surface area contributed by atoms with Gasteiger partial charge in [-0.15, -0.1) is 0 Å². The van der Waals surface area contributed by atoms with E-state index in [2.05, 4.69) is 0 Å². The smallest absolute Gasteiger partial charge is 0.333 e. The highest BCUT2D eigenvalue weighted by atomic mass is 16.5. The number of hydrogen-bond donors (Lipinski definition) is 0. The largest absolute Gasteiger partial charge is 0.493 e. The summed E-state index contributed by atoms with van der Waals surface area (Å²) >= 11 is 0. The van der Waals surface area contributed by atoms with Gasteiger partial charge in [-0.2, -0.15) is 0 Å². The van der Waals surface area contributed by atoms with E-state index < -0.39 is 0 Å². The maximum Gasteiger partial charge on any atom is 0.333 e. The van der Waals surface area contributed by atoms with Gasteiger partial charge < -0.3 is 18.9 Å². The molecule has 0 unspecified atom stereocenters. The van der Waals surface area contributed by atoms with E-state index in [1.165, 1.54) is 0 Å². The molecular weight excluding hydrogens is 284 g/mol. The Morgan fingerprint density at radius 1 is 1.09 bits per heavy atom. The second kappa shape index (κ2) is 8.97. The highest BCUT2D eigenvalue weighted by Crippen LogP contribution is 2.40. The zero-order chi connectivity index (χ0) is 16.5. The van der Waals surface area contributed by atoms with Crippen LogP contribution in [0.5, 0.6) is 17.2 Å². The van der Waals surface area contributed by atoms with Gasteiger partial charge in [-0.25, -0.2) is 4.79 Å². The SMILES string of the molecule is CCCCOC(=O)C(C)=Cc1ccc(OC)c(OC)c1OC. The molecule has 0 bridgehead atoms. The monoisotopic (exact) mass is 308 g/mol. The number of ether oxygens (including phenoxy) is 4. The van der Waals surface area contributed by atoms with Crippen LogP contribution in [-0.4, -0.2) is 33.9 Å². The molecule has 1 rings (SSSR count). The van der Waals surface area contributed by atoms with Crippen LogP contribution in [0, 0.1) is 0 Å². The highest BCUT2D eigenvalue weighted by Gasteiger charge is 2.15. The Morgan fingerprint density at radius 3 is 2.32 bits per heavy atom. The van der Waals surface area contributed by atoms with Crippen LogP contribution in [0.15, 0.2) is 17.7 Å². The first-order valence-corrected chi connectivity index (χ1v) is 7.23. The van der Waals surface area contributed by atoms with Crippen molar-refractivity contribution in [3.8, 4) is 17.2 Å². The van der Waals surface area contributed by atoms with Gasteiger partial charge in [0.1, 0.15) is 0 Å². The van der Waals surface area contributed by atoms with Gasteiger partial charge in [-0.1, -0.05) is 13.3 Å². The van der Waals surface area contributed by atoms with Crippen molar-refractivity contribution in [2.45, 2.75) is 26.7 Å². The van der Waals surface area contributed by atoms with Crippen molar-refractivity contribution in [1.29, 1.82) is 0 Å². The molecule has 0 atom stereocenters. The molecule has 0 saturated heterocycles. The predicted octanol–water partition coefficient (Wildman–Crippen LogP) is 3.46. The van der Waals surface area contributed by atoms with Crippen LogP contribution < -0.4 is 14.2 Å². The number of rotatable bonds is 8. The molecule has 0 amide bonds. The average Bonchev–Trinajstić information content (AvgIpc) is 2.54. The van der Waals surface area contributed by atoms with Crippen molar-refractivity contribution < 1.29 is 23.7 Å². The molecule has 0 saturated carbocycles. The molecule has 122 valence electrons. The van der Waals surface area contributed by atoms with Crippen LogP contribution in [-0.2, 0) is 9.53 Å². The first-order valence-electron chi connectivity index (χ1n) is 7.23. The Kier molecular flexibility index (Phi) is 7.29. The quantitative estimate of drug-likeness (QED) is 0.418. The van der Waals surface area contributed by atoms with Gasteiger partial charge in [0.25, 0.3) is 0 Å². The van der Waals surface area contributed by atoms with Gasteiger partial charge in [0.15, 0.2) is 11.5 Å². The first-order chi connectivity index (χ1) is 10.6. The third-order valence-electron chi connectivity index (χ3n) is 3.16. The van der Waals surface area contributed by atoms with Crippen molar-refractivity contribution in [3.05, 3.63) is 23.3 Å². The Bertz CT molecular complexity index is 534. The lowest BCUT2D eigenvalue weighted by Crippen LogP contribution is -2.07. The molecule has 0 heterocycles. The summed E-state index contributed by atoms with van der Waals surface area (Å²) in [6, 6.07) is 3.58. The van der Waals surface area contributed by atoms with Crippen molar-refractivity contribution in [1.82, 2.24) is 0 Å². The fraction of sp³-hybridized carbons (Fsp3) is 0.471. The Balaban J connectivity index is 3.05. The van der Waals surface area contributed by atoms with Crippen LogP contribution >= 0.6 is 0 Å². The number of hydrogen-bond acceptors (Lipinski definition) is 5. The summed E-state index contributed by atoms with van der Waals surface area (Å²) in [5.74, 6) is 1.25. The van der Waals surface area contributed by atoms with Crippen LogP contribution in [0.2, 0.25) is 0 Å². The molecule has 5 nitrogen and oxygen atoms in total. The Labute approximate surface area is 131 Å². The molecule has 1 aromatic rings. The standard InChI is InChI=1S/C17H24O5/c1-6-7-10-22-17(18)12(2)11-13-8-9-14(19-3)16(21-5)15(13)20-4/h8-9,11H,6-7,10H2,1-5H3. The minimum Gasteiger partial charge on any atom is -0.493 e. The molecular formula is C17H24O5. The minimum absolute atomic E-state index is 0.328. The van der Waals surface area contributed by atoms with Gasteiger partial charge in [-0.3, -0.25) is 0 Å². The molecule has 0 spiro atoms. The summed E-state index contributed by atoms with van der Waals surface area (Å²) in [6.07, 6.45) is 3.56. The molecule has 0 aromatic heterocycles. The Morgan fingerprint density at radius 2 is 1.77 bits per heavy atom. The molecule has 0 radical (unpaired) electrons. The molecule has 22 heavy (non-hydrogen) atoms. The summed E-state index contributed by atoms with van der Waals surface area (Å²) in [5.41, 5.74) is 1.23. The zero-order valence-corrected chi connectivity index (χ0v) is 13.9. The van der Waals surface area contributed by atoms with Crippen LogP contribution in [0.1, 0.15) is 32.3 Å². The van der Waals surface area contributed by atoms with Crippen molar-refractivity contribution in [2.24, 2.45) is 0 Å². The maximum absolute atomic E-state index is 11.9. The van der Waals surface area contributed by atoms with Gasteiger partial charge >= 0.3 is 5.97 Å². The molecule has 0 aliphatic heterocycles. The lowest BCUT2D eigenvalue weighted by atomic mass is 10.1.